The van der Waals surface area contributed by atoms with Crippen LogP contribution >= 0.6 is 11.3 Å². The monoisotopic (exact) mass is 268 g/mol. The van der Waals surface area contributed by atoms with E-state index in [1.807, 2.05) is 5.38 Å². The van der Waals surface area contributed by atoms with Crippen LogP contribution in [0.25, 0.3) is 0 Å². The van der Waals surface area contributed by atoms with Gasteiger partial charge in [-0.3, -0.25) is 4.79 Å². The Balaban J connectivity index is 1.97. The Hall–Kier alpha value is -1.10. The molecule has 0 spiro atoms. The number of rotatable bonds is 4. The molecule has 1 aromatic rings. The third-order valence-electron chi connectivity index (χ3n) is 3.97. The summed E-state index contributed by atoms with van der Waals surface area (Å²) < 4.78 is 0. The Bertz CT molecular complexity index is 422. The third kappa shape index (κ3) is 3.02. The fourth-order valence-corrected chi connectivity index (χ4v) is 3.15. The first-order valence-corrected chi connectivity index (χ1v) is 7.31. The molecule has 1 aromatic heterocycles. The number of aliphatic carboxylic acids is 1. The summed E-state index contributed by atoms with van der Waals surface area (Å²) in [6, 6.07) is 0. The topological polar surface area (TPSA) is 53.4 Å². The van der Waals surface area contributed by atoms with Crippen LogP contribution < -0.4 is 4.90 Å². The van der Waals surface area contributed by atoms with Gasteiger partial charge >= 0.3 is 5.97 Å². The van der Waals surface area contributed by atoms with E-state index < -0.39 is 5.97 Å². The molecule has 0 aromatic carbocycles. The van der Waals surface area contributed by atoms with Gasteiger partial charge in [-0.15, -0.1) is 11.3 Å². The van der Waals surface area contributed by atoms with Crippen LogP contribution in [0, 0.1) is 5.41 Å². The van der Waals surface area contributed by atoms with Crippen molar-refractivity contribution in [2.45, 2.75) is 39.5 Å². The molecule has 18 heavy (non-hydrogen) atoms. The lowest BCUT2D eigenvalue weighted by atomic mass is 9.78. The number of aromatic nitrogens is 1. The van der Waals surface area contributed by atoms with Crippen molar-refractivity contribution in [1.29, 1.82) is 0 Å². The lowest BCUT2D eigenvalue weighted by Gasteiger charge is -2.38. The molecule has 0 radical (unpaired) electrons. The van der Waals surface area contributed by atoms with Gasteiger partial charge in [-0.2, -0.15) is 0 Å². The standard InChI is InChI=1S/C13H20N2O2S/c1-3-13(2)4-6-15(7-5-13)12-14-10(9-18-12)8-11(16)17/h9H,3-8H2,1-2H3,(H,16,17). The molecule has 1 fully saturated rings. The largest absolute Gasteiger partial charge is 0.481 e. The average Bonchev–Trinajstić information content (AvgIpc) is 2.77. The summed E-state index contributed by atoms with van der Waals surface area (Å²) in [5.74, 6) is -0.816. The molecule has 0 amide bonds. The predicted molar refractivity (Wildman–Crippen MR) is 73.3 cm³/mol. The van der Waals surface area contributed by atoms with Crippen molar-refractivity contribution in [3.05, 3.63) is 11.1 Å². The van der Waals surface area contributed by atoms with E-state index in [0.29, 0.717) is 11.1 Å². The molecule has 2 heterocycles. The molecule has 0 saturated carbocycles. The van der Waals surface area contributed by atoms with Crippen LogP contribution in [-0.2, 0) is 11.2 Å². The van der Waals surface area contributed by atoms with E-state index in [4.69, 9.17) is 5.11 Å². The number of hydrogen-bond donors (Lipinski definition) is 1. The predicted octanol–water partition coefficient (Wildman–Crippen LogP) is 2.79. The Labute approximate surface area is 112 Å². The molecule has 0 atom stereocenters. The first-order chi connectivity index (χ1) is 8.52. The summed E-state index contributed by atoms with van der Waals surface area (Å²) in [6.45, 7) is 6.67. The quantitative estimate of drug-likeness (QED) is 0.912. The van der Waals surface area contributed by atoms with Gasteiger partial charge in [0.1, 0.15) is 0 Å². The van der Waals surface area contributed by atoms with Crippen molar-refractivity contribution in [1.82, 2.24) is 4.98 Å². The van der Waals surface area contributed by atoms with E-state index in [0.717, 1.165) is 18.2 Å². The minimum atomic E-state index is -0.816. The van der Waals surface area contributed by atoms with Crippen molar-refractivity contribution < 1.29 is 9.90 Å². The number of hydrogen-bond acceptors (Lipinski definition) is 4. The molecule has 0 aliphatic carbocycles. The molecule has 1 aliphatic heterocycles. The second-order valence-electron chi connectivity index (χ2n) is 5.34. The summed E-state index contributed by atoms with van der Waals surface area (Å²) in [4.78, 5) is 17.3. The average molecular weight is 268 g/mol. The molecule has 1 saturated heterocycles. The molecular weight excluding hydrogens is 248 g/mol. The zero-order valence-electron chi connectivity index (χ0n) is 11.0. The molecule has 100 valence electrons. The Kier molecular flexibility index (Phi) is 3.90. The first kappa shape index (κ1) is 13.3. The maximum Gasteiger partial charge on any atom is 0.309 e. The number of carbonyl (C=O) groups is 1. The maximum absolute atomic E-state index is 10.6. The number of anilines is 1. The van der Waals surface area contributed by atoms with Gasteiger partial charge in [-0.05, 0) is 18.3 Å². The summed E-state index contributed by atoms with van der Waals surface area (Å²) >= 11 is 1.56. The van der Waals surface area contributed by atoms with Crippen LogP contribution in [0.3, 0.4) is 0 Å². The highest BCUT2D eigenvalue weighted by molar-refractivity contribution is 7.13. The molecule has 5 heteroatoms. The fraction of sp³-hybridized carbons (Fsp3) is 0.692. The van der Waals surface area contributed by atoms with E-state index >= 15 is 0 Å². The van der Waals surface area contributed by atoms with Crippen LogP contribution in [0.2, 0.25) is 0 Å². The lowest BCUT2D eigenvalue weighted by molar-refractivity contribution is -0.136. The van der Waals surface area contributed by atoms with Crippen molar-refractivity contribution in [3.8, 4) is 0 Å². The van der Waals surface area contributed by atoms with Crippen molar-refractivity contribution in [2.75, 3.05) is 18.0 Å². The van der Waals surface area contributed by atoms with Crippen molar-refractivity contribution >= 4 is 22.4 Å². The zero-order chi connectivity index (χ0) is 13.2. The van der Waals surface area contributed by atoms with Gasteiger partial charge in [0.05, 0.1) is 12.1 Å². The van der Waals surface area contributed by atoms with E-state index in [1.165, 1.54) is 19.3 Å². The SMILES string of the molecule is CCC1(C)CCN(c2nc(CC(=O)O)cs2)CC1. The molecule has 1 aliphatic rings. The zero-order valence-corrected chi connectivity index (χ0v) is 11.8. The van der Waals surface area contributed by atoms with Gasteiger partial charge in [-0.25, -0.2) is 4.98 Å². The number of carboxylic acids is 1. The van der Waals surface area contributed by atoms with Crippen molar-refractivity contribution in [3.63, 3.8) is 0 Å². The van der Waals surface area contributed by atoms with Crippen LogP contribution in [0.5, 0.6) is 0 Å². The van der Waals surface area contributed by atoms with Crippen molar-refractivity contribution in [2.24, 2.45) is 5.41 Å². The summed E-state index contributed by atoms with van der Waals surface area (Å²) in [7, 11) is 0. The van der Waals surface area contributed by atoms with E-state index in [-0.39, 0.29) is 6.42 Å². The fourth-order valence-electron chi connectivity index (χ4n) is 2.27. The van der Waals surface area contributed by atoms with Gasteiger partial charge < -0.3 is 10.0 Å². The highest BCUT2D eigenvalue weighted by Gasteiger charge is 2.29. The highest BCUT2D eigenvalue weighted by Crippen LogP contribution is 2.36. The van der Waals surface area contributed by atoms with Gasteiger partial charge in [0.25, 0.3) is 0 Å². The molecule has 0 bridgehead atoms. The van der Waals surface area contributed by atoms with Crippen LogP contribution in [-0.4, -0.2) is 29.1 Å². The Morgan fingerprint density at radius 1 is 1.56 bits per heavy atom. The second kappa shape index (κ2) is 5.26. The Morgan fingerprint density at radius 2 is 2.22 bits per heavy atom. The van der Waals surface area contributed by atoms with E-state index in [9.17, 15) is 4.79 Å². The molecule has 2 rings (SSSR count). The highest BCUT2D eigenvalue weighted by atomic mass is 32.1. The normalized spacial score (nSPS) is 18.9. The van der Waals surface area contributed by atoms with E-state index in [2.05, 4.69) is 23.7 Å². The van der Waals surface area contributed by atoms with Gasteiger partial charge in [-0.1, -0.05) is 20.3 Å². The number of carboxylic acid groups (broad SMARTS) is 1. The Morgan fingerprint density at radius 3 is 2.78 bits per heavy atom. The van der Waals surface area contributed by atoms with Crippen LogP contribution in [0.15, 0.2) is 5.38 Å². The summed E-state index contributed by atoms with van der Waals surface area (Å²) in [5, 5.41) is 11.6. The smallest absolute Gasteiger partial charge is 0.309 e. The van der Waals surface area contributed by atoms with Gasteiger partial charge in [0.15, 0.2) is 5.13 Å². The number of nitrogens with zero attached hydrogens (tertiary/aromatic N) is 2. The molecule has 4 nitrogen and oxygen atoms in total. The van der Waals surface area contributed by atoms with Crippen LogP contribution in [0.4, 0.5) is 5.13 Å². The number of thiazole rings is 1. The minimum absolute atomic E-state index is 0.0248. The summed E-state index contributed by atoms with van der Waals surface area (Å²) in [5.41, 5.74) is 1.14. The minimum Gasteiger partial charge on any atom is -0.481 e. The maximum atomic E-state index is 10.6. The van der Waals surface area contributed by atoms with Gasteiger partial charge in [0.2, 0.25) is 0 Å². The van der Waals surface area contributed by atoms with Crippen LogP contribution in [0.1, 0.15) is 38.8 Å². The number of piperidine rings is 1. The molecule has 0 unspecified atom stereocenters. The second-order valence-corrected chi connectivity index (χ2v) is 6.18. The lowest BCUT2D eigenvalue weighted by Crippen LogP contribution is -2.38. The summed E-state index contributed by atoms with van der Waals surface area (Å²) in [6.07, 6.45) is 3.63. The molecular formula is C13H20N2O2S. The third-order valence-corrected chi connectivity index (χ3v) is 4.92. The van der Waals surface area contributed by atoms with Gasteiger partial charge in [0, 0.05) is 18.5 Å². The van der Waals surface area contributed by atoms with E-state index in [1.54, 1.807) is 11.3 Å². The molecule has 1 N–H and O–H groups in total. The first-order valence-electron chi connectivity index (χ1n) is 6.43.